The first-order chi connectivity index (χ1) is 11.4. The normalized spacial score (nSPS) is 10.7. The molecule has 0 aliphatic rings. The van der Waals surface area contributed by atoms with E-state index < -0.39 is 0 Å². The van der Waals surface area contributed by atoms with Gasteiger partial charge in [-0.25, -0.2) is 4.98 Å². The first kappa shape index (κ1) is 20.0. The Bertz CT molecular complexity index is 517. The molecule has 1 aromatic heterocycles. The van der Waals surface area contributed by atoms with Gasteiger partial charge in [0.05, 0.1) is 11.9 Å². The van der Waals surface area contributed by atoms with Gasteiger partial charge in [0.15, 0.2) is 0 Å². The van der Waals surface area contributed by atoms with E-state index in [1.54, 1.807) is 18.2 Å². The van der Waals surface area contributed by atoms with Crippen LogP contribution in [0.1, 0.15) is 42.9 Å². The van der Waals surface area contributed by atoms with Crippen LogP contribution in [0.25, 0.3) is 0 Å². The van der Waals surface area contributed by atoms with Gasteiger partial charge in [0, 0.05) is 46.0 Å². The van der Waals surface area contributed by atoms with Crippen LogP contribution in [0.4, 0.5) is 0 Å². The predicted octanol–water partition coefficient (Wildman–Crippen LogP) is 1.43. The summed E-state index contributed by atoms with van der Waals surface area (Å²) >= 11 is 0. The van der Waals surface area contributed by atoms with Crippen LogP contribution >= 0.6 is 0 Å². The van der Waals surface area contributed by atoms with E-state index >= 15 is 0 Å². The van der Waals surface area contributed by atoms with Gasteiger partial charge in [-0.2, -0.15) is 0 Å². The summed E-state index contributed by atoms with van der Waals surface area (Å²) in [5.74, 6) is 0.134. The minimum absolute atomic E-state index is 0.0526. The van der Waals surface area contributed by atoms with Crippen LogP contribution in [0.3, 0.4) is 0 Å². The molecule has 1 aromatic rings. The molecule has 0 spiro atoms. The number of nitrogens with zero attached hydrogens (tertiary/aromatic N) is 3. The smallest absolute Gasteiger partial charge is 0.274 e. The van der Waals surface area contributed by atoms with Crippen LogP contribution in [-0.2, 0) is 9.53 Å². The Morgan fingerprint density at radius 1 is 1.25 bits per heavy atom. The van der Waals surface area contributed by atoms with Gasteiger partial charge in [0.2, 0.25) is 5.91 Å². The minimum atomic E-state index is -0.213. The number of ether oxygens (including phenoxy) is 1. The zero-order valence-electron chi connectivity index (χ0n) is 15.0. The van der Waals surface area contributed by atoms with E-state index in [4.69, 9.17) is 4.74 Å². The highest BCUT2D eigenvalue weighted by atomic mass is 16.5. The van der Waals surface area contributed by atoms with E-state index in [0.29, 0.717) is 44.3 Å². The minimum Gasteiger partial charge on any atom is -0.385 e. The van der Waals surface area contributed by atoms with Crippen molar-refractivity contribution < 1.29 is 14.3 Å². The molecule has 0 aliphatic carbocycles. The Kier molecular flexibility index (Phi) is 8.93. The van der Waals surface area contributed by atoms with Crippen molar-refractivity contribution in [3.8, 4) is 0 Å². The average molecular weight is 336 g/mol. The molecule has 1 N–H and O–H groups in total. The molecule has 0 bridgehead atoms. The van der Waals surface area contributed by atoms with E-state index in [2.05, 4.69) is 15.3 Å². The summed E-state index contributed by atoms with van der Waals surface area (Å²) in [5.41, 5.74) is 1.05. The lowest BCUT2D eigenvalue weighted by Crippen LogP contribution is -2.37. The lowest BCUT2D eigenvalue weighted by molar-refractivity contribution is -0.121. The Labute approximate surface area is 143 Å². The maximum Gasteiger partial charge on any atom is 0.274 e. The maximum atomic E-state index is 12.6. The van der Waals surface area contributed by atoms with Crippen molar-refractivity contribution in [3.63, 3.8) is 0 Å². The second kappa shape index (κ2) is 10.7. The van der Waals surface area contributed by atoms with E-state index in [-0.39, 0.29) is 18.2 Å². The molecule has 0 saturated carbocycles. The van der Waals surface area contributed by atoms with Gasteiger partial charge < -0.3 is 15.0 Å². The van der Waals surface area contributed by atoms with Crippen molar-refractivity contribution in [1.82, 2.24) is 20.2 Å². The SMILES string of the molecule is COCCCN(CCC(=O)NCC(C)C)C(=O)c1cnc(C)cn1. The molecule has 1 heterocycles. The standard InChI is InChI=1S/C17H28N4O3/c1-13(2)10-20-16(22)6-8-21(7-5-9-24-4)17(23)15-12-18-14(3)11-19-15/h11-13H,5-10H2,1-4H3,(H,20,22). The zero-order chi connectivity index (χ0) is 17.9. The Morgan fingerprint density at radius 3 is 2.58 bits per heavy atom. The molecule has 1 rings (SSSR count). The molecule has 7 heteroatoms. The van der Waals surface area contributed by atoms with Crippen molar-refractivity contribution in [2.24, 2.45) is 5.92 Å². The van der Waals surface area contributed by atoms with Crippen LogP contribution in [0.5, 0.6) is 0 Å². The van der Waals surface area contributed by atoms with Crippen LogP contribution in [0, 0.1) is 12.8 Å². The van der Waals surface area contributed by atoms with Gasteiger partial charge >= 0.3 is 0 Å². The van der Waals surface area contributed by atoms with Gasteiger partial charge in [-0.3, -0.25) is 14.6 Å². The summed E-state index contributed by atoms with van der Waals surface area (Å²) in [4.78, 5) is 34.3. The lowest BCUT2D eigenvalue weighted by atomic mass is 10.2. The zero-order valence-corrected chi connectivity index (χ0v) is 15.0. The molecule has 24 heavy (non-hydrogen) atoms. The van der Waals surface area contributed by atoms with Crippen LogP contribution in [0.15, 0.2) is 12.4 Å². The number of carbonyl (C=O) groups excluding carboxylic acids is 2. The van der Waals surface area contributed by atoms with Gasteiger partial charge in [0.25, 0.3) is 5.91 Å². The molecular formula is C17H28N4O3. The maximum absolute atomic E-state index is 12.6. The fraction of sp³-hybridized carbons (Fsp3) is 0.647. The van der Waals surface area contributed by atoms with E-state index in [1.165, 1.54) is 6.20 Å². The van der Waals surface area contributed by atoms with Gasteiger partial charge in [0.1, 0.15) is 5.69 Å². The molecule has 0 fully saturated rings. The van der Waals surface area contributed by atoms with Crippen LogP contribution in [-0.4, -0.2) is 60.0 Å². The molecule has 2 amide bonds. The summed E-state index contributed by atoms with van der Waals surface area (Å²) in [6, 6.07) is 0. The van der Waals surface area contributed by atoms with Crippen molar-refractivity contribution in [3.05, 3.63) is 23.8 Å². The third kappa shape index (κ3) is 7.50. The number of aromatic nitrogens is 2. The molecule has 7 nitrogen and oxygen atoms in total. The summed E-state index contributed by atoms with van der Waals surface area (Å²) in [7, 11) is 1.62. The molecule has 0 unspecified atom stereocenters. The number of nitrogens with one attached hydrogen (secondary N) is 1. The molecular weight excluding hydrogens is 308 g/mol. The summed E-state index contributed by atoms with van der Waals surface area (Å²) in [6.07, 6.45) is 4.01. The third-order valence-electron chi connectivity index (χ3n) is 3.38. The number of methoxy groups -OCH3 is 1. The Balaban J connectivity index is 2.63. The first-order valence-electron chi connectivity index (χ1n) is 8.27. The van der Waals surface area contributed by atoms with E-state index in [9.17, 15) is 9.59 Å². The second-order valence-electron chi connectivity index (χ2n) is 6.13. The predicted molar refractivity (Wildman–Crippen MR) is 91.6 cm³/mol. The van der Waals surface area contributed by atoms with Gasteiger partial charge in [-0.1, -0.05) is 13.8 Å². The van der Waals surface area contributed by atoms with Gasteiger partial charge in [-0.05, 0) is 19.3 Å². The summed E-state index contributed by atoms with van der Waals surface area (Å²) in [6.45, 7) is 7.95. The number of carbonyl (C=O) groups is 2. The molecule has 0 aliphatic heterocycles. The van der Waals surface area contributed by atoms with E-state index in [0.717, 1.165) is 5.69 Å². The molecule has 134 valence electrons. The number of aryl methyl sites for hydroxylation is 1. The number of rotatable bonds is 10. The molecule has 0 radical (unpaired) electrons. The third-order valence-corrected chi connectivity index (χ3v) is 3.38. The largest absolute Gasteiger partial charge is 0.385 e. The highest BCUT2D eigenvalue weighted by molar-refractivity contribution is 5.92. The molecule has 0 atom stereocenters. The fourth-order valence-corrected chi connectivity index (χ4v) is 2.02. The van der Waals surface area contributed by atoms with Crippen LogP contribution in [0.2, 0.25) is 0 Å². The number of amides is 2. The fourth-order valence-electron chi connectivity index (χ4n) is 2.02. The lowest BCUT2D eigenvalue weighted by Gasteiger charge is -2.22. The Hall–Kier alpha value is -2.02. The average Bonchev–Trinajstić information content (AvgIpc) is 2.56. The monoisotopic (exact) mass is 336 g/mol. The highest BCUT2D eigenvalue weighted by Gasteiger charge is 2.18. The number of hydrogen-bond donors (Lipinski definition) is 1. The van der Waals surface area contributed by atoms with Crippen LogP contribution < -0.4 is 5.32 Å². The molecule has 0 saturated heterocycles. The van der Waals surface area contributed by atoms with Gasteiger partial charge in [-0.15, -0.1) is 0 Å². The summed E-state index contributed by atoms with van der Waals surface area (Å²) in [5, 5.41) is 2.86. The van der Waals surface area contributed by atoms with Crippen molar-refractivity contribution in [2.75, 3.05) is 33.4 Å². The first-order valence-corrected chi connectivity index (χ1v) is 8.27. The quantitative estimate of drug-likeness (QED) is 0.653. The van der Waals surface area contributed by atoms with Crippen molar-refractivity contribution in [2.45, 2.75) is 33.6 Å². The molecule has 0 aromatic carbocycles. The Morgan fingerprint density at radius 2 is 2.00 bits per heavy atom. The van der Waals surface area contributed by atoms with Crippen molar-refractivity contribution >= 4 is 11.8 Å². The summed E-state index contributed by atoms with van der Waals surface area (Å²) < 4.78 is 5.04. The van der Waals surface area contributed by atoms with Crippen molar-refractivity contribution in [1.29, 1.82) is 0 Å². The van der Waals surface area contributed by atoms with E-state index in [1.807, 2.05) is 20.8 Å². The number of hydrogen-bond acceptors (Lipinski definition) is 5. The highest BCUT2D eigenvalue weighted by Crippen LogP contribution is 2.04. The topological polar surface area (TPSA) is 84.4 Å². The second-order valence-corrected chi connectivity index (χ2v) is 6.13.